The molecule has 28 heavy (non-hydrogen) atoms. The lowest BCUT2D eigenvalue weighted by molar-refractivity contribution is 0.0607. The van der Waals surface area contributed by atoms with Gasteiger partial charge in [0.25, 0.3) is 5.91 Å². The fourth-order valence-electron chi connectivity index (χ4n) is 2.94. The van der Waals surface area contributed by atoms with Gasteiger partial charge in [0.1, 0.15) is 15.5 Å². The van der Waals surface area contributed by atoms with Crippen LogP contribution in [0.2, 0.25) is 0 Å². The molecule has 10 heteroatoms. The molecule has 150 valence electrons. The van der Waals surface area contributed by atoms with E-state index in [1.54, 1.807) is 11.4 Å². The van der Waals surface area contributed by atoms with Gasteiger partial charge in [0.05, 0.1) is 19.9 Å². The summed E-state index contributed by atoms with van der Waals surface area (Å²) in [6.07, 6.45) is 1.60. The van der Waals surface area contributed by atoms with Gasteiger partial charge in [-0.1, -0.05) is 0 Å². The summed E-state index contributed by atoms with van der Waals surface area (Å²) in [4.78, 5) is 24.6. The molecule has 1 amide bonds. The Balaban J connectivity index is 1.92. The summed E-state index contributed by atoms with van der Waals surface area (Å²) in [5.41, 5.74) is 0.446. The van der Waals surface area contributed by atoms with Crippen LogP contribution in [0.5, 0.6) is 5.75 Å². The molecule has 0 aliphatic carbocycles. The predicted molar refractivity (Wildman–Crippen MR) is 105 cm³/mol. The van der Waals surface area contributed by atoms with Crippen molar-refractivity contribution < 1.29 is 27.5 Å². The fraction of sp³-hybridized carbons (Fsp3) is 0.333. The maximum atomic E-state index is 12.9. The van der Waals surface area contributed by atoms with Gasteiger partial charge < -0.3 is 14.8 Å². The zero-order valence-electron chi connectivity index (χ0n) is 15.4. The molecule has 1 aliphatic rings. The Morgan fingerprint density at radius 1 is 1.14 bits per heavy atom. The van der Waals surface area contributed by atoms with Crippen LogP contribution in [0, 0.1) is 0 Å². The van der Waals surface area contributed by atoms with Crippen molar-refractivity contribution in [2.45, 2.75) is 17.7 Å². The molecule has 1 fully saturated rings. The number of nitrogens with one attached hydrogen (secondary N) is 1. The highest BCUT2D eigenvalue weighted by Crippen LogP contribution is 2.30. The Labute approximate surface area is 167 Å². The van der Waals surface area contributed by atoms with Crippen LogP contribution in [0.3, 0.4) is 0 Å². The molecule has 1 N–H and O–H groups in total. The van der Waals surface area contributed by atoms with Gasteiger partial charge in [-0.2, -0.15) is 4.31 Å². The molecule has 0 atom stereocenters. The highest BCUT2D eigenvalue weighted by molar-refractivity contribution is 7.89. The Morgan fingerprint density at radius 3 is 2.50 bits per heavy atom. The third-order valence-electron chi connectivity index (χ3n) is 4.39. The van der Waals surface area contributed by atoms with Crippen LogP contribution in [-0.4, -0.2) is 51.9 Å². The van der Waals surface area contributed by atoms with Gasteiger partial charge in [-0.15, -0.1) is 11.3 Å². The number of hydrogen-bond donors (Lipinski definition) is 1. The van der Waals surface area contributed by atoms with E-state index in [-0.39, 0.29) is 21.1 Å². The number of hydrogen-bond acceptors (Lipinski definition) is 7. The van der Waals surface area contributed by atoms with Crippen LogP contribution in [0.15, 0.2) is 34.5 Å². The average molecular weight is 425 g/mol. The second kappa shape index (κ2) is 8.29. The third-order valence-corrected chi connectivity index (χ3v) is 7.21. The summed E-state index contributed by atoms with van der Waals surface area (Å²) in [6, 6.07) is 5.81. The summed E-state index contributed by atoms with van der Waals surface area (Å²) >= 11 is 1.14. The number of benzene rings is 1. The number of nitrogens with zero attached hydrogens (tertiary/aromatic N) is 1. The number of rotatable bonds is 6. The van der Waals surface area contributed by atoms with Crippen molar-refractivity contribution in [3.63, 3.8) is 0 Å². The fourth-order valence-corrected chi connectivity index (χ4v) is 5.40. The minimum absolute atomic E-state index is 0.0527. The predicted octanol–water partition coefficient (Wildman–Crippen LogP) is 2.58. The lowest BCUT2D eigenvalue weighted by Crippen LogP contribution is -2.28. The SMILES string of the molecule is COC(=O)c1sccc1NC(=O)c1ccc(OC)c(S(=O)(=O)N2CCCC2)c1. The second-order valence-corrected chi connectivity index (χ2v) is 8.91. The van der Waals surface area contributed by atoms with Crippen LogP contribution in [0.25, 0.3) is 0 Å². The van der Waals surface area contributed by atoms with Gasteiger partial charge in [-0.3, -0.25) is 4.79 Å². The van der Waals surface area contributed by atoms with Crippen LogP contribution in [-0.2, 0) is 14.8 Å². The number of amides is 1. The normalized spacial score (nSPS) is 14.6. The van der Waals surface area contributed by atoms with Crippen molar-refractivity contribution in [2.24, 2.45) is 0 Å². The zero-order valence-corrected chi connectivity index (χ0v) is 17.1. The maximum Gasteiger partial charge on any atom is 0.350 e. The van der Waals surface area contributed by atoms with Gasteiger partial charge in [-0.25, -0.2) is 13.2 Å². The summed E-state index contributed by atoms with van der Waals surface area (Å²) in [5, 5.41) is 4.28. The number of carbonyl (C=O) groups is 2. The number of sulfonamides is 1. The minimum atomic E-state index is -3.77. The molecule has 2 heterocycles. The second-order valence-electron chi connectivity index (χ2n) is 6.09. The van der Waals surface area contributed by atoms with Crippen molar-refractivity contribution in [2.75, 3.05) is 32.6 Å². The first-order chi connectivity index (χ1) is 13.4. The number of thiophene rings is 1. The number of esters is 1. The highest BCUT2D eigenvalue weighted by atomic mass is 32.2. The molecule has 0 saturated carbocycles. The van der Waals surface area contributed by atoms with E-state index in [1.165, 1.54) is 36.7 Å². The average Bonchev–Trinajstić information content (AvgIpc) is 3.39. The summed E-state index contributed by atoms with van der Waals surface area (Å²) < 4.78 is 37.2. The van der Waals surface area contributed by atoms with Gasteiger partial charge in [0.2, 0.25) is 10.0 Å². The molecule has 8 nitrogen and oxygen atoms in total. The number of anilines is 1. The quantitative estimate of drug-likeness (QED) is 0.715. The molecule has 1 aliphatic heterocycles. The molecule has 0 radical (unpaired) electrons. The van der Waals surface area contributed by atoms with E-state index in [0.717, 1.165) is 24.2 Å². The van der Waals surface area contributed by atoms with Gasteiger partial charge >= 0.3 is 5.97 Å². The largest absolute Gasteiger partial charge is 0.495 e. The van der Waals surface area contributed by atoms with Crippen LogP contribution >= 0.6 is 11.3 Å². The number of carbonyl (C=O) groups excluding carboxylic acids is 2. The Morgan fingerprint density at radius 2 is 1.86 bits per heavy atom. The molecule has 0 spiro atoms. The first-order valence-electron chi connectivity index (χ1n) is 8.54. The Kier molecular flexibility index (Phi) is 6.01. The molecule has 0 unspecified atom stereocenters. The van der Waals surface area contributed by atoms with Crippen LogP contribution in [0.1, 0.15) is 32.9 Å². The van der Waals surface area contributed by atoms with E-state index in [0.29, 0.717) is 18.8 Å². The molecule has 1 aromatic carbocycles. The van der Waals surface area contributed by atoms with Crippen molar-refractivity contribution in [1.29, 1.82) is 0 Å². The van der Waals surface area contributed by atoms with Crippen LogP contribution < -0.4 is 10.1 Å². The molecule has 1 saturated heterocycles. The van der Waals surface area contributed by atoms with Crippen LogP contribution in [0.4, 0.5) is 5.69 Å². The highest BCUT2D eigenvalue weighted by Gasteiger charge is 2.30. The number of ether oxygens (including phenoxy) is 2. The molecule has 0 bridgehead atoms. The molecular formula is C18H20N2O6S2. The van der Waals surface area contributed by atoms with E-state index in [9.17, 15) is 18.0 Å². The van der Waals surface area contributed by atoms with E-state index in [1.807, 2.05) is 0 Å². The van der Waals surface area contributed by atoms with Crippen molar-refractivity contribution in [1.82, 2.24) is 4.31 Å². The first kappa shape index (κ1) is 20.3. The van der Waals surface area contributed by atoms with E-state index >= 15 is 0 Å². The third kappa shape index (κ3) is 3.89. The Hall–Kier alpha value is -2.43. The lowest BCUT2D eigenvalue weighted by Gasteiger charge is -2.18. The summed E-state index contributed by atoms with van der Waals surface area (Å²) in [5.74, 6) is -0.921. The van der Waals surface area contributed by atoms with Crippen molar-refractivity contribution in [3.05, 3.63) is 40.1 Å². The van der Waals surface area contributed by atoms with E-state index in [4.69, 9.17) is 9.47 Å². The lowest BCUT2D eigenvalue weighted by atomic mass is 10.2. The van der Waals surface area contributed by atoms with Crippen molar-refractivity contribution in [3.8, 4) is 5.75 Å². The monoisotopic (exact) mass is 424 g/mol. The maximum absolute atomic E-state index is 12.9. The minimum Gasteiger partial charge on any atom is -0.495 e. The summed E-state index contributed by atoms with van der Waals surface area (Å²) in [6.45, 7) is 0.888. The molecular weight excluding hydrogens is 404 g/mol. The molecule has 2 aromatic rings. The van der Waals surface area contributed by atoms with E-state index < -0.39 is 21.9 Å². The smallest absolute Gasteiger partial charge is 0.350 e. The van der Waals surface area contributed by atoms with Gasteiger partial charge in [-0.05, 0) is 42.5 Å². The first-order valence-corrected chi connectivity index (χ1v) is 10.9. The standard InChI is InChI=1S/C18H20N2O6S2/c1-25-14-6-5-12(11-15(14)28(23,24)20-8-3-4-9-20)17(21)19-13-7-10-27-16(13)18(22)26-2/h5-7,10-11H,3-4,8-9H2,1-2H3,(H,19,21). The molecule has 1 aromatic heterocycles. The van der Waals surface area contributed by atoms with E-state index in [2.05, 4.69) is 5.32 Å². The topological polar surface area (TPSA) is 102 Å². The van der Waals surface area contributed by atoms with Gasteiger partial charge in [0, 0.05) is 18.7 Å². The zero-order chi connectivity index (χ0) is 20.3. The molecule has 3 rings (SSSR count). The van der Waals surface area contributed by atoms with Crippen molar-refractivity contribution >= 4 is 38.9 Å². The Bertz CT molecular complexity index is 993. The van der Waals surface area contributed by atoms with Gasteiger partial charge in [0.15, 0.2) is 0 Å². The summed E-state index contributed by atoms with van der Waals surface area (Å²) in [7, 11) is -1.13. The number of methoxy groups -OCH3 is 2.